The zero-order valence-electron chi connectivity index (χ0n) is 10.5. The fourth-order valence-corrected chi connectivity index (χ4v) is 2.66. The summed E-state index contributed by atoms with van der Waals surface area (Å²) in [6, 6.07) is 15.6. The first-order chi connectivity index (χ1) is 9.19. The monoisotopic (exact) mass is 291 g/mol. The van der Waals surface area contributed by atoms with Crippen molar-refractivity contribution in [1.82, 2.24) is 0 Å². The Morgan fingerprint density at radius 3 is 2.58 bits per heavy atom. The lowest BCUT2D eigenvalue weighted by molar-refractivity contribution is -0.115. The van der Waals surface area contributed by atoms with E-state index in [0.29, 0.717) is 11.4 Å². The van der Waals surface area contributed by atoms with Crippen LogP contribution in [0.15, 0.2) is 58.3 Å². The van der Waals surface area contributed by atoms with Gasteiger partial charge in [-0.2, -0.15) is 0 Å². The average Bonchev–Trinajstić information content (AvgIpc) is 2.43. The van der Waals surface area contributed by atoms with Gasteiger partial charge in [0, 0.05) is 21.9 Å². The van der Waals surface area contributed by atoms with E-state index in [1.807, 2.05) is 49.4 Å². The smallest absolute Gasteiger partial charge is 0.224 e. The summed E-state index contributed by atoms with van der Waals surface area (Å²) in [5, 5.41) is 3.43. The molecule has 0 aliphatic heterocycles. The first-order valence-corrected chi connectivity index (χ1v) is 7.21. The van der Waals surface area contributed by atoms with Crippen molar-refractivity contribution < 1.29 is 4.79 Å². The standard InChI is InChI=1S/C15H14ClNOS/c1-2-15(18)17-11-8-9-14(13(16)10-11)19-12-6-4-3-5-7-12/h3-10H,2H2,1H3,(H,17,18). The molecule has 0 unspecified atom stereocenters. The van der Waals surface area contributed by atoms with Crippen LogP contribution in [0.2, 0.25) is 5.02 Å². The number of amides is 1. The summed E-state index contributed by atoms with van der Waals surface area (Å²) in [6.07, 6.45) is 0.456. The second-order valence-corrected chi connectivity index (χ2v) is 5.48. The molecule has 0 fully saturated rings. The summed E-state index contributed by atoms with van der Waals surface area (Å²) in [5.41, 5.74) is 0.731. The summed E-state index contributed by atoms with van der Waals surface area (Å²) in [7, 11) is 0. The van der Waals surface area contributed by atoms with E-state index >= 15 is 0 Å². The van der Waals surface area contributed by atoms with Crippen LogP contribution < -0.4 is 5.32 Å². The van der Waals surface area contributed by atoms with Crippen LogP contribution in [0.3, 0.4) is 0 Å². The zero-order chi connectivity index (χ0) is 13.7. The van der Waals surface area contributed by atoms with Crippen molar-refractivity contribution in [2.45, 2.75) is 23.1 Å². The summed E-state index contributed by atoms with van der Waals surface area (Å²) in [4.78, 5) is 13.4. The van der Waals surface area contributed by atoms with Gasteiger partial charge in [0.1, 0.15) is 0 Å². The molecule has 1 amide bonds. The maximum absolute atomic E-state index is 11.3. The molecule has 19 heavy (non-hydrogen) atoms. The Kier molecular flexibility index (Phi) is 4.88. The fraction of sp³-hybridized carbons (Fsp3) is 0.133. The molecule has 0 spiro atoms. The molecule has 2 nitrogen and oxygen atoms in total. The highest BCUT2D eigenvalue weighted by Gasteiger charge is 2.05. The van der Waals surface area contributed by atoms with E-state index in [9.17, 15) is 4.79 Å². The molecular formula is C15H14ClNOS. The Bertz CT molecular complexity index is 572. The van der Waals surface area contributed by atoms with Crippen LogP contribution >= 0.6 is 23.4 Å². The molecule has 98 valence electrons. The predicted molar refractivity (Wildman–Crippen MR) is 80.9 cm³/mol. The molecule has 0 saturated heterocycles. The molecule has 1 N–H and O–H groups in total. The van der Waals surface area contributed by atoms with E-state index in [-0.39, 0.29) is 5.91 Å². The summed E-state index contributed by atoms with van der Waals surface area (Å²) in [5.74, 6) is -0.0143. The van der Waals surface area contributed by atoms with E-state index < -0.39 is 0 Å². The number of benzene rings is 2. The van der Waals surface area contributed by atoms with Crippen LogP contribution in [0.5, 0.6) is 0 Å². The second kappa shape index (κ2) is 6.64. The number of anilines is 1. The molecule has 2 aromatic carbocycles. The molecule has 0 bridgehead atoms. The third-order valence-corrected chi connectivity index (χ3v) is 4.02. The maximum atomic E-state index is 11.3. The third-order valence-electron chi connectivity index (χ3n) is 2.51. The highest BCUT2D eigenvalue weighted by Crippen LogP contribution is 2.34. The van der Waals surface area contributed by atoms with Crippen molar-refractivity contribution in [1.29, 1.82) is 0 Å². The van der Waals surface area contributed by atoms with Crippen LogP contribution in [-0.2, 0) is 4.79 Å². The van der Waals surface area contributed by atoms with Gasteiger partial charge in [-0.25, -0.2) is 0 Å². The minimum absolute atomic E-state index is 0.0143. The Morgan fingerprint density at radius 1 is 1.21 bits per heavy atom. The topological polar surface area (TPSA) is 29.1 Å². The molecule has 0 aliphatic carbocycles. The molecule has 2 rings (SSSR count). The molecule has 0 saturated carbocycles. The summed E-state index contributed by atoms with van der Waals surface area (Å²) >= 11 is 7.84. The molecular weight excluding hydrogens is 278 g/mol. The number of hydrogen-bond donors (Lipinski definition) is 1. The van der Waals surface area contributed by atoms with Crippen molar-refractivity contribution in [2.75, 3.05) is 5.32 Å². The second-order valence-electron chi connectivity index (χ2n) is 3.96. The molecule has 0 heterocycles. The fourth-order valence-electron chi connectivity index (χ4n) is 1.53. The van der Waals surface area contributed by atoms with Gasteiger partial charge in [0.2, 0.25) is 5.91 Å². The lowest BCUT2D eigenvalue weighted by Gasteiger charge is -2.08. The lowest BCUT2D eigenvalue weighted by atomic mass is 10.3. The molecule has 4 heteroatoms. The van der Waals surface area contributed by atoms with Crippen LogP contribution in [0.4, 0.5) is 5.69 Å². The highest BCUT2D eigenvalue weighted by atomic mass is 35.5. The van der Waals surface area contributed by atoms with Gasteiger partial charge in [0.05, 0.1) is 5.02 Å². The molecule has 0 aliphatic rings. The van der Waals surface area contributed by atoms with E-state index in [0.717, 1.165) is 15.5 Å². The Hall–Kier alpha value is -1.45. The largest absolute Gasteiger partial charge is 0.326 e. The highest BCUT2D eigenvalue weighted by molar-refractivity contribution is 7.99. The Morgan fingerprint density at radius 2 is 1.95 bits per heavy atom. The number of rotatable bonds is 4. The van der Waals surface area contributed by atoms with Crippen molar-refractivity contribution in [3.63, 3.8) is 0 Å². The Balaban J connectivity index is 2.13. The van der Waals surface area contributed by atoms with Crippen LogP contribution in [0, 0.1) is 0 Å². The van der Waals surface area contributed by atoms with Crippen molar-refractivity contribution in [3.8, 4) is 0 Å². The van der Waals surface area contributed by atoms with Gasteiger partial charge in [-0.15, -0.1) is 0 Å². The van der Waals surface area contributed by atoms with E-state index in [2.05, 4.69) is 5.32 Å². The lowest BCUT2D eigenvalue weighted by Crippen LogP contribution is -2.09. The first-order valence-electron chi connectivity index (χ1n) is 6.01. The van der Waals surface area contributed by atoms with Gasteiger partial charge in [-0.1, -0.05) is 48.5 Å². The first kappa shape index (κ1) is 14.0. The quantitative estimate of drug-likeness (QED) is 0.873. The van der Waals surface area contributed by atoms with Gasteiger partial charge in [0.25, 0.3) is 0 Å². The SMILES string of the molecule is CCC(=O)Nc1ccc(Sc2ccccc2)c(Cl)c1. The van der Waals surface area contributed by atoms with Crippen LogP contribution in [0.1, 0.15) is 13.3 Å². The van der Waals surface area contributed by atoms with Crippen molar-refractivity contribution >= 4 is 35.0 Å². The number of halogens is 1. The number of hydrogen-bond acceptors (Lipinski definition) is 2. The van der Waals surface area contributed by atoms with Crippen LogP contribution in [-0.4, -0.2) is 5.91 Å². The number of carbonyl (C=O) groups excluding carboxylic acids is 1. The minimum Gasteiger partial charge on any atom is -0.326 e. The molecule has 0 atom stereocenters. The Labute approximate surface area is 122 Å². The van der Waals surface area contributed by atoms with Gasteiger partial charge >= 0.3 is 0 Å². The van der Waals surface area contributed by atoms with E-state index in [1.165, 1.54) is 0 Å². The van der Waals surface area contributed by atoms with E-state index in [4.69, 9.17) is 11.6 Å². The minimum atomic E-state index is -0.0143. The van der Waals surface area contributed by atoms with Crippen molar-refractivity contribution in [3.05, 3.63) is 53.6 Å². The van der Waals surface area contributed by atoms with Gasteiger partial charge in [-0.3, -0.25) is 4.79 Å². The molecule has 2 aromatic rings. The third kappa shape index (κ3) is 4.01. The zero-order valence-corrected chi connectivity index (χ0v) is 12.1. The predicted octanol–water partition coefficient (Wildman–Crippen LogP) is 4.84. The number of carbonyl (C=O) groups is 1. The van der Waals surface area contributed by atoms with Gasteiger partial charge in [0.15, 0.2) is 0 Å². The molecule has 0 radical (unpaired) electrons. The summed E-state index contributed by atoms with van der Waals surface area (Å²) in [6.45, 7) is 1.82. The van der Waals surface area contributed by atoms with Crippen LogP contribution in [0.25, 0.3) is 0 Å². The van der Waals surface area contributed by atoms with Crippen molar-refractivity contribution in [2.24, 2.45) is 0 Å². The van der Waals surface area contributed by atoms with Gasteiger partial charge < -0.3 is 5.32 Å². The van der Waals surface area contributed by atoms with E-state index in [1.54, 1.807) is 17.8 Å². The normalized spacial score (nSPS) is 10.2. The molecule has 0 aromatic heterocycles. The van der Waals surface area contributed by atoms with Gasteiger partial charge in [-0.05, 0) is 30.3 Å². The maximum Gasteiger partial charge on any atom is 0.224 e. The summed E-state index contributed by atoms with van der Waals surface area (Å²) < 4.78 is 0. The average molecular weight is 292 g/mol. The number of nitrogens with one attached hydrogen (secondary N) is 1.